The van der Waals surface area contributed by atoms with Crippen molar-refractivity contribution in [2.24, 2.45) is 0 Å². The first-order chi connectivity index (χ1) is 7.24. The second-order valence-corrected chi connectivity index (χ2v) is 4.00. The SMILES string of the molecule is CCCCCC(=O)Nc1ccccc1S. The maximum absolute atomic E-state index is 11.5. The van der Waals surface area contributed by atoms with Gasteiger partial charge in [0.05, 0.1) is 5.69 Å². The summed E-state index contributed by atoms with van der Waals surface area (Å²) in [6.45, 7) is 2.13. The highest BCUT2D eigenvalue weighted by Gasteiger charge is 2.03. The van der Waals surface area contributed by atoms with Crippen molar-refractivity contribution in [2.75, 3.05) is 5.32 Å². The molecule has 0 aliphatic carbocycles. The van der Waals surface area contributed by atoms with E-state index in [0.29, 0.717) is 6.42 Å². The highest BCUT2D eigenvalue weighted by atomic mass is 32.1. The molecule has 0 saturated heterocycles. The van der Waals surface area contributed by atoms with Crippen LogP contribution < -0.4 is 5.32 Å². The Hall–Kier alpha value is -0.960. The number of unbranched alkanes of at least 4 members (excludes halogenated alkanes) is 2. The van der Waals surface area contributed by atoms with Crippen molar-refractivity contribution in [3.05, 3.63) is 24.3 Å². The fourth-order valence-electron chi connectivity index (χ4n) is 1.33. The highest BCUT2D eigenvalue weighted by Crippen LogP contribution is 2.18. The first-order valence-corrected chi connectivity index (χ1v) is 5.76. The van der Waals surface area contributed by atoms with E-state index in [-0.39, 0.29) is 5.91 Å². The van der Waals surface area contributed by atoms with Crippen molar-refractivity contribution in [3.63, 3.8) is 0 Å². The Balaban J connectivity index is 2.41. The molecule has 0 radical (unpaired) electrons. The molecule has 3 heteroatoms. The molecule has 0 bridgehead atoms. The first kappa shape index (κ1) is 12.1. The van der Waals surface area contributed by atoms with Crippen LogP contribution in [0.4, 0.5) is 5.69 Å². The van der Waals surface area contributed by atoms with E-state index in [1.807, 2.05) is 24.3 Å². The number of thiol groups is 1. The van der Waals surface area contributed by atoms with Crippen molar-refractivity contribution in [2.45, 2.75) is 37.5 Å². The Morgan fingerprint density at radius 3 is 2.73 bits per heavy atom. The molecule has 1 N–H and O–H groups in total. The Labute approximate surface area is 96.5 Å². The summed E-state index contributed by atoms with van der Waals surface area (Å²) in [4.78, 5) is 12.3. The van der Waals surface area contributed by atoms with Gasteiger partial charge in [0.25, 0.3) is 0 Å². The number of nitrogens with one attached hydrogen (secondary N) is 1. The largest absolute Gasteiger partial charge is 0.325 e. The summed E-state index contributed by atoms with van der Waals surface area (Å²) >= 11 is 4.27. The minimum atomic E-state index is 0.0740. The third kappa shape index (κ3) is 4.38. The zero-order valence-corrected chi connectivity index (χ0v) is 9.89. The normalized spacial score (nSPS) is 10.0. The number of carbonyl (C=O) groups is 1. The summed E-state index contributed by atoms with van der Waals surface area (Å²) in [5.74, 6) is 0.0740. The summed E-state index contributed by atoms with van der Waals surface area (Å²) in [5, 5.41) is 2.85. The first-order valence-electron chi connectivity index (χ1n) is 5.32. The third-order valence-corrected chi connectivity index (χ3v) is 2.58. The van der Waals surface area contributed by atoms with Crippen LogP contribution in [0.3, 0.4) is 0 Å². The standard InChI is InChI=1S/C12H17NOS/c1-2-3-4-9-12(14)13-10-7-5-6-8-11(10)15/h5-8,15H,2-4,9H2,1H3,(H,13,14). The number of carbonyl (C=O) groups excluding carboxylic acids is 1. The summed E-state index contributed by atoms with van der Waals surface area (Å²) in [5.41, 5.74) is 0.794. The lowest BCUT2D eigenvalue weighted by molar-refractivity contribution is -0.116. The van der Waals surface area contributed by atoms with Gasteiger partial charge in [0.1, 0.15) is 0 Å². The number of amides is 1. The van der Waals surface area contributed by atoms with E-state index in [0.717, 1.165) is 29.8 Å². The molecule has 0 heterocycles. The quantitative estimate of drug-likeness (QED) is 0.580. The van der Waals surface area contributed by atoms with E-state index in [9.17, 15) is 4.79 Å². The van der Waals surface area contributed by atoms with Crippen LogP contribution in [0.25, 0.3) is 0 Å². The highest BCUT2D eigenvalue weighted by molar-refractivity contribution is 7.80. The number of rotatable bonds is 5. The van der Waals surface area contributed by atoms with Crippen LogP contribution in [0, 0.1) is 0 Å². The smallest absolute Gasteiger partial charge is 0.224 e. The molecule has 0 aliphatic rings. The van der Waals surface area contributed by atoms with Gasteiger partial charge in [-0.2, -0.15) is 0 Å². The molecule has 0 unspecified atom stereocenters. The molecule has 2 nitrogen and oxygen atoms in total. The average Bonchev–Trinajstić information content (AvgIpc) is 2.22. The maximum atomic E-state index is 11.5. The molecule has 1 aromatic carbocycles. The van der Waals surface area contributed by atoms with Gasteiger partial charge in [-0.3, -0.25) is 4.79 Å². The van der Waals surface area contributed by atoms with Gasteiger partial charge in [-0.1, -0.05) is 31.9 Å². The van der Waals surface area contributed by atoms with Gasteiger partial charge in [-0.05, 0) is 18.6 Å². The number of hydrogen-bond acceptors (Lipinski definition) is 2. The Bertz CT molecular complexity index is 325. The molecule has 0 fully saturated rings. The van der Waals surface area contributed by atoms with E-state index < -0.39 is 0 Å². The van der Waals surface area contributed by atoms with Gasteiger partial charge >= 0.3 is 0 Å². The fraction of sp³-hybridized carbons (Fsp3) is 0.417. The van der Waals surface area contributed by atoms with E-state index in [2.05, 4.69) is 24.9 Å². The summed E-state index contributed by atoms with van der Waals surface area (Å²) in [6.07, 6.45) is 3.79. The lowest BCUT2D eigenvalue weighted by Crippen LogP contribution is -2.11. The molecule has 0 aliphatic heterocycles. The Kier molecular flexibility index (Phi) is 5.26. The summed E-state index contributed by atoms with van der Waals surface area (Å²) < 4.78 is 0. The van der Waals surface area contributed by atoms with E-state index >= 15 is 0 Å². The van der Waals surface area contributed by atoms with Crippen LogP contribution in [-0.2, 0) is 4.79 Å². The van der Waals surface area contributed by atoms with Crippen molar-refractivity contribution in [1.82, 2.24) is 0 Å². The van der Waals surface area contributed by atoms with Gasteiger partial charge in [-0.25, -0.2) is 0 Å². The summed E-state index contributed by atoms with van der Waals surface area (Å²) in [7, 11) is 0. The van der Waals surface area contributed by atoms with Crippen molar-refractivity contribution in [1.29, 1.82) is 0 Å². The van der Waals surface area contributed by atoms with Crippen LogP contribution in [0.5, 0.6) is 0 Å². The van der Waals surface area contributed by atoms with Crippen LogP contribution in [-0.4, -0.2) is 5.91 Å². The van der Waals surface area contributed by atoms with Crippen molar-refractivity contribution >= 4 is 24.2 Å². The van der Waals surface area contributed by atoms with Crippen molar-refractivity contribution in [3.8, 4) is 0 Å². The molecule has 1 rings (SSSR count). The Morgan fingerprint density at radius 1 is 1.33 bits per heavy atom. The van der Waals surface area contributed by atoms with Gasteiger partial charge in [0.2, 0.25) is 5.91 Å². The fourth-order valence-corrected chi connectivity index (χ4v) is 1.54. The van der Waals surface area contributed by atoms with Crippen LogP contribution in [0.2, 0.25) is 0 Å². The molecular formula is C12H17NOS. The molecule has 1 amide bonds. The Morgan fingerprint density at radius 2 is 2.07 bits per heavy atom. The van der Waals surface area contributed by atoms with E-state index in [1.165, 1.54) is 0 Å². The molecular weight excluding hydrogens is 206 g/mol. The van der Waals surface area contributed by atoms with Gasteiger partial charge < -0.3 is 5.32 Å². The molecule has 0 aromatic heterocycles. The van der Waals surface area contributed by atoms with E-state index in [4.69, 9.17) is 0 Å². The lowest BCUT2D eigenvalue weighted by atomic mass is 10.2. The number of hydrogen-bond donors (Lipinski definition) is 2. The lowest BCUT2D eigenvalue weighted by Gasteiger charge is -2.06. The second-order valence-electron chi connectivity index (χ2n) is 3.52. The van der Waals surface area contributed by atoms with Gasteiger partial charge in [0.15, 0.2) is 0 Å². The predicted molar refractivity (Wildman–Crippen MR) is 66.5 cm³/mol. The molecule has 1 aromatic rings. The number of para-hydroxylation sites is 1. The van der Waals surface area contributed by atoms with Gasteiger partial charge in [0, 0.05) is 11.3 Å². The number of anilines is 1. The minimum Gasteiger partial charge on any atom is -0.325 e. The minimum absolute atomic E-state index is 0.0740. The van der Waals surface area contributed by atoms with Crippen LogP contribution in [0.1, 0.15) is 32.6 Å². The third-order valence-electron chi connectivity index (χ3n) is 2.19. The molecule has 0 spiro atoms. The monoisotopic (exact) mass is 223 g/mol. The summed E-state index contributed by atoms with van der Waals surface area (Å²) in [6, 6.07) is 7.52. The van der Waals surface area contributed by atoms with Crippen molar-refractivity contribution < 1.29 is 4.79 Å². The van der Waals surface area contributed by atoms with Crippen LogP contribution in [0.15, 0.2) is 29.2 Å². The molecule has 82 valence electrons. The van der Waals surface area contributed by atoms with E-state index in [1.54, 1.807) is 0 Å². The second kappa shape index (κ2) is 6.51. The van der Waals surface area contributed by atoms with Crippen LogP contribution >= 0.6 is 12.6 Å². The molecule has 15 heavy (non-hydrogen) atoms. The molecule has 0 saturated carbocycles. The maximum Gasteiger partial charge on any atom is 0.224 e. The van der Waals surface area contributed by atoms with Gasteiger partial charge in [-0.15, -0.1) is 12.6 Å². The zero-order valence-electron chi connectivity index (χ0n) is 8.99. The topological polar surface area (TPSA) is 29.1 Å². The molecule has 0 atom stereocenters. The predicted octanol–water partition coefficient (Wildman–Crippen LogP) is 3.49. The average molecular weight is 223 g/mol. The number of benzene rings is 1. The zero-order chi connectivity index (χ0) is 11.1.